The van der Waals surface area contributed by atoms with Crippen LogP contribution in [0.25, 0.3) is 11.3 Å². The number of rotatable bonds is 2. The Morgan fingerprint density at radius 1 is 1.41 bits per heavy atom. The van der Waals surface area contributed by atoms with E-state index in [1.807, 2.05) is 13.8 Å². The Balaban J connectivity index is 2.54. The number of hydrogen-bond acceptors (Lipinski definition) is 2. The molecule has 2 aromatic rings. The molecule has 90 valence electrons. The molecule has 0 radical (unpaired) electrons. The lowest BCUT2D eigenvalue weighted by molar-refractivity contribution is 0.607. The first-order chi connectivity index (χ1) is 8.00. The molecule has 0 fully saturated rings. The van der Waals surface area contributed by atoms with E-state index in [9.17, 15) is 4.39 Å². The van der Waals surface area contributed by atoms with Crippen LogP contribution in [0.3, 0.4) is 0 Å². The van der Waals surface area contributed by atoms with Crippen molar-refractivity contribution in [3.63, 3.8) is 0 Å². The minimum absolute atomic E-state index is 0.187. The molecule has 1 aromatic heterocycles. The van der Waals surface area contributed by atoms with E-state index in [-0.39, 0.29) is 6.04 Å². The van der Waals surface area contributed by atoms with E-state index in [1.165, 1.54) is 6.07 Å². The van der Waals surface area contributed by atoms with Crippen LogP contribution < -0.4 is 5.73 Å². The lowest BCUT2D eigenvalue weighted by Gasteiger charge is -2.09. The molecule has 2 rings (SSSR count). The third-order valence-corrected chi connectivity index (χ3v) is 2.81. The van der Waals surface area contributed by atoms with E-state index < -0.39 is 5.82 Å². The Labute approximate surface area is 104 Å². The van der Waals surface area contributed by atoms with E-state index in [1.54, 1.807) is 23.0 Å². The molecule has 0 aliphatic rings. The second-order valence-corrected chi connectivity index (χ2v) is 4.54. The highest BCUT2D eigenvalue weighted by Gasteiger charge is 2.15. The summed E-state index contributed by atoms with van der Waals surface area (Å²) in [5, 5.41) is 0.355. The summed E-state index contributed by atoms with van der Waals surface area (Å²) in [5.41, 5.74) is 6.76. The fourth-order valence-electron chi connectivity index (χ4n) is 1.67. The Morgan fingerprint density at radius 3 is 2.65 bits per heavy atom. The molecule has 1 heterocycles. The summed E-state index contributed by atoms with van der Waals surface area (Å²) < 4.78 is 15.5. The van der Waals surface area contributed by atoms with Crippen molar-refractivity contribution in [2.24, 2.45) is 0 Å². The standard InChI is InChI=1S/C12H13ClFN3/c1-7(2)17-6-16-11(12(17)15)9-4-3-8(13)5-10(9)14/h3-7H,15H2,1-2H3. The Kier molecular flexibility index (Phi) is 3.07. The van der Waals surface area contributed by atoms with Crippen LogP contribution in [0, 0.1) is 5.82 Å². The smallest absolute Gasteiger partial charge is 0.134 e. The minimum atomic E-state index is -0.418. The molecule has 0 spiro atoms. The molecule has 0 aliphatic heterocycles. The van der Waals surface area contributed by atoms with Crippen molar-refractivity contribution in [1.29, 1.82) is 0 Å². The third-order valence-electron chi connectivity index (χ3n) is 2.57. The second kappa shape index (κ2) is 4.37. The van der Waals surface area contributed by atoms with E-state index >= 15 is 0 Å². The highest BCUT2D eigenvalue weighted by Crippen LogP contribution is 2.29. The van der Waals surface area contributed by atoms with Crippen LogP contribution in [-0.2, 0) is 0 Å². The summed E-state index contributed by atoms with van der Waals surface area (Å²) in [4.78, 5) is 4.15. The lowest BCUT2D eigenvalue weighted by Crippen LogP contribution is -2.04. The second-order valence-electron chi connectivity index (χ2n) is 4.10. The quantitative estimate of drug-likeness (QED) is 0.890. The molecule has 1 aromatic carbocycles. The van der Waals surface area contributed by atoms with E-state index in [0.29, 0.717) is 22.1 Å². The molecule has 0 amide bonds. The average molecular weight is 254 g/mol. The van der Waals surface area contributed by atoms with Gasteiger partial charge in [0.1, 0.15) is 17.3 Å². The van der Waals surface area contributed by atoms with Gasteiger partial charge in [0.25, 0.3) is 0 Å². The molecule has 5 heteroatoms. The summed E-state index contributed by atoms with van der Waals surface area (Å²) >= 11 is 5.70. The molecule has 0 saturated heterocycles. The predicted molar refractivity (Wildman–Crippen MR) is 67.4 cm³/mol. The Hall–Kier alpha value is -1.55. The van der Waals surface area contributed by atoms with Gasteiger partial charge in [0.15, 0.2) is 0 Å². The van der Waals surface area contributed by atoms with Gasteiger partial charge in [0.2, 0.25) is 0 Å². The Morgan fingerprint density at radius 2 is 2.12 bits per heavy atom. The van der Waals surface area contributed by atoms with Gasteiger partial charge in [-0.3, -0.25) is 0 Å². The van der Waals surface area contributed by atoms with Gasteiger partial charge in [-0.05, 0) is 32.0 Å². The van der Waals surface area contributed by atoms with E-state index in [2.05, 4.69) is 4.98 Å². The number of benzene rings is 1. The summed E-state index contributed by atoms with van der Waals surface area (Å²) in [6.07, 6.45) is 1.61. The molecule has 0 atom stereocenters. The normalized spacial score (nSPS) is 11.1. The molecule has 3 nitrogen and oxygen atoms in total. The SMILES string of the molecule is CC(C)n1cnc(-c2ccc(Cl)cc2F)c1N. The van der Waals surface area contributed by atoms with Crippen molar-refractivity contribution in [2.45, 2.75) is 19.9 Å². The highest BCUT2D eigenvalue weighted by atomic mass is 35.5. The van der Waals surface area contributed by atoms with Gasteiger partial charge in [-0.2, -0.15) is 0 Å². The predicted octanol–water partition coefficient (Wildman–Crippen LogP) is 3.51. The number of anilines is 1. The summed E-state index contributed by atoms with van der Waals surface area (Å²) in [6.45, 7) is 3.97. The maximum absolute atomic E-state index is 13.7. The number of nitrogen functional groups attached to an aromatic ring is 1. The zero-order valence-electron chi connectivity index (χ0n) is 9.61. The fraction of sp³-hybridized carbons (Fsp3) is 0.250. The van der Waals surface area contributed by atoms with Crippen LogP contribution in [0.5, 0.6) is 0 Å². The number of nitrogens with zero attached hydrogens (tertiary/aromatic N) is 2. The van der Waals surface area contributed by atoms with E-state index in [0.717, 1.165) is 0 Å². The number of nitrogens with two attached hydrogens (primary N) is 1. The number of aromatic nitrogens is 2. The number of imidazole rings is 1. The van der Waals surface area contributed by atoms with Gasteiger partial charge in [-0.15, -0.1) is 0 Å². The molecular weight excluding hydrogens is 241 g/mol. The maximum atomic E-state index is 13.7. The van der Waals surface area contributed by atoms with Gasteiger partial charge in [0.05, 0.1) is 6.33 Å². The monoisotopic (exact) mass is 253 g/mol. The van der Waals surface area contributed by atoms with Crippen LogP contribution in [0.1, 0.15) is 19.9 Å². The van der Waals surface area contributed by atoms with Gasteiger partial charge < -0.3 is 10.3 Å². The number of halogens is 2. The molecular formula is C12H13ClFN3. The maximum Gasteiger partial charge on any atom is 0.134 e. The van der Waals surface area contributed by atoms with Crippen molar-refractivity contribution < 1.29 is 4.39 Å². The van der Waals surface area contributed by atoms with Crippen LogP contribution in [0.15, 0.2) is 24.5 Å². The first-order valence-electron chi connectivity index (χ1n) is 5.28. The van der Waals surface area contributed by atoms with Crippen LogP contribution in [0.2, 0.25) is 5.02 Å². The molecule has 0 aliphatic carbocycles. The van der Waals surface area contributed by atoms with Crippen molar-refractivity contribution in [3.05, 3.63) is 35.4 Å². The average Bonchev–Trinajstić information content (AvgIpc) is 2.60. The zero-order valence-corrected chi connectivity index (χ0v) is 10.4. The van der Waals surface area contributed by atoms with Gasteiger partial charge in [-0.25, -0.2) is 9.37 Å². The largest absolute Gasteiger partial charge is 0.383 e. The zero-order chi connectivity index (χ0) is 12.6. The fourth-order valence-corrected chi connectivity index (χ4v) is 1.83. The van der Waals surface area contributed by atoms with Crippen molar-refractivity contribution in [3.8, 4) is 11.3 Å². The summed E-state index contributed by atoms with van der Waals surface area (Å²) in [7, 11) is 0. The minimum Gasteiger partial charge on any atom is -0.383 e. The van der Waals surface area contributed by atoms with Gasteiger partial charge >= 0.3 is 0 Å². The lowest BCUT2D eigenvalue weighted by atomic mass is 10.1. The summed E-state index contributed by atoms with van der Waals surface area (Å²) in [6, 6.07) is 4.64. The highest BCUT2D eigenvalue weighted by molar-refractivity contribution is 6.30. The third kappa shape index (κ3) is 2.13. The van der Waals surface area contributed by atoms with Crippen molar-refractivity contribution in [1.82, 2.24) is 9.55 Å². The van der Waals surface area contributed by atoms with Gasteiger partial charge in [-0.1, -0.05) is 11.6 Å². The Bertz CT molecular complexity index is 549. The van der Waals surface area contributed by atoms with E-state index in [4.69, 9.17) is 17.3 Å². The van der Waals surface area contributed by atoms with Crippen molar-refractivity contribution in [2.75, 3.05) is 5.73 Å². The molecule has 17 heavy (non-hydrogen) atoms. The molecule has 0 bridgehead atoms. The van der Waals surface area contributed by atoms with Gasteiger partial charge in [0, 0.05) is 16.6 Å². The first-order valence-corrected chi connectivity index (χ1v) is 5.66. The molecule has 0 unspecified atom stereocenters. The van der Waals surface area contributed by atoms with Crippen molar-refractivity contribution >= 4 is 17.4 Å². The van der Waals surface area contributed by atoms with Crippen LogP contribution >= 0.6 is 11.6 Å². The molecule has 0 saturated carbocycles. The first kappa shape index (κ1) is 11.9. The summed E-state index contributed by atoms with van der Waals surface area (Å²) in [5.74, 6) is 0.0411. The molecule has 2 N–H and O–H groups in total. The van der Waals surface area contributed by atoms with Crippen LogP contribution in [0.4, 0.5) is 10.2 Å². The topological polar surface area (TPSA) is 43.8 Å². The number of hydrogen-bond donors (Lipinski definition) is 1. The van der Waals surface area contributed by atoms with Crippen LogP contribution in [-0.4, -0.2) is 9.55 Å².